The van der Waals surface area contributed by atoms with E-state index in [0.29, 0.717) is 6.61 Å². The quantitative estimate of drug-likeness (QED) is 0.334. The zero-order chi connectivity index (χ0) is 23.2. The van der Waals surface area contributed by atoms with Crippen LogP contribution in [0.5, 0.6) is 0 Å². The van der Waals surface area contributed by atoms with E-state index < -0.39 is 0 Å². The van der Waals surface area contributed by atoms with Crippen molar-refractivity contribution in [2.75, 3.05) is 20.0 Å². The minimum Gasteiger partial charge on any atom is -0.384 e. The van der Waals surface area contributed by atoms with Crippen molar-refractivity contribution in [3.63, 3.8) is 0 Å². The molecule has 0 aliphatic heterocycles. The second-order valence-electron chi connectivity index (χ2n) is 8.87. The van der Waals surface area contributed by atoms with E-state index in [2.05, 4.69) is 58.3 Å². The maximum atomic E-state index is 13.8. The third-order valence-electron chi connectivity index (χ3n) is 5.94. The number of nitrogens with one attached hydrogen (secondary N) is 1. The van der Waals surface area contributed by atoms with Crippen molar-refractivity contribution in [2.24, 2.45) is 0 Å². The molecular formula is C25H26FN5OS. The number of aromatic amines is 1. The van der Waals surface area contributed by atoms with Crippen LogP contribution in [0.3, 0.4) is 0 Å². The van der Waals surface area contributed by atoms with E-state index in [1.165, 1.54) is 12.1 Å². The molecular weight excluding hydrogens is 437 g/mol. The molecule has 0 aliphatic carbocycles. The van der Waals surface area contributed by atoms with E-state index in [1.807, 2.05) is 29.2 Å². The molecule has 0 aliphatic rings. The Morgan fingerprint density at radius 1 is 1.15 bits per heavy atom. The van der Waals surface area contributed by atoms with Crippen molar-refractivity contribution in [1.82, 2.24) is 24.5 Å². The molecule has 3 heterocycles. The lowest BCUT2D eigenvalue weighted by molar-refractivity contribution is 0.144. The van der Waals surface area contributed by atoms with Gasteiger partial charge in [-0.25, -0.2) is 4.39 Å². The molecule has 0 atom stereocenters. The van der Waals surface area contributed by atoms with Crippen LogP contribution in [0.4, 0.5) is 4.39 Å². The lowest BCUT2D eigenvalue weighted by Gasteiger charge is -2.28. The van der Waals surface area contributed by atoms with Crippen LogP contribution in [0.2, 0.25) is 0 Å². The lowest BCUT2D eigenvalue weighted by atomic mass is 9.85. The molecule has 5 aromatic rings. The number of hydrogen-bond acceptors (Lipinski definition) is 4. The Morgan fingerprint density at radius 2 is 1.94 bits per heavy atom. The molecule has 6 nitrogen and oxygen atoms in total. The van der Waals surface area contributed by atoms with Crippen molar-refractivity contribution in [3.05, 3.63) is 66.5 Å². The summed E-state index contributed by atoms with van der Waals surface area (Å²) in [7, 11) is 1.72. The predicted molar refractivity (Wildman–Crippen MR) is 133 cm³/mol. The number of hydrogen-bond donors (Lipinski definition) is 1. The maximum Gasteiger partial charge on any atom is 0.123 e. The minimum absolute atomic E-state index is 0.260. The Hall–Kier alpha value is -3.10. The number of nitrogens with zero attached hydrogens (tertiary/aromatic N) is 4. The normalized spacial score (nSPS) is 12.3. The lowest BCUT2D eigenvalue weighted by Crippen LogP contribution is -2.27. The molecule has 0 unspecified atom stereocenters. The highest BCUT2D eigenvalue weighted by Crippen LogP contribution is 2.44. The number of methoxy groups -OCH3 is 1. The Morgan fingerprint density at radius 3 is 2.67 bits per heavy atom. The Bertz CT molecular complexity index is 1430. The fraction of sp³-hybridized carbons (Fsp3) is 0.280. The highest BCUT2D eigenvalue weighted by molar-refractivity contribution is 7.97. The summed E-state index contributed by atoms with van der Waals surface area (Å²) in [4.78, 5) is 0. The summed E-state index contributed by atoms with van der Waals surface area (Å²) in [5.41, 5.74) is 5.77. The van der Waals surface area contributed by atoms with Crippen LogP contribution in [-0.4, -0.2) is 44.5 Å². The number of thioether (sulfide) groups is 1. The fourth-order valence-electron chi connectivity index (χ4n) is 4.64. The molecule has 170 valence electrons. The van der Waals surface area contributed by atoms with Crippen LogP contribution in [0, 0.1) is 5.82 Å². The third-order valence-corrected chi connectivity index (χ3v) is 6.46. The maximum absolute atomic E-state index is 13.8. The molecule has 5 rings (SSSR count). The number of H-pyrrole nitrogens is 1. The second kappa shape index (κ2) is 8.35. The van der Waals surface area contributed by atoms with Gasteiger partial charge in [-0.1, -0.05) is 13.8 Å². The molecule has 0 spiro atoms. The zero-order valence-electron chi connectivity index (χ0n) is 19.1. The first-order chi connectivity index (χ1) is 15.9. The van der Waals surface area contributed by atoms with Gasteiger partial charge in [0.15, 0.2) is 0 Å². The number of halogens is 1. The van der Waals surface area contributed by atoms with Gasteiger partial charge in [-0.2, -0.15) is 10.2 Å². The van der Waals surface area contributed by atoms with Crippen molar-refractivity contribution < 1.29 is 9.13 Å². The van der Waals surface area contributed by atoms with Gasteiger partial charge in [-0.15, -0.1) is 11.8 Å². The molecule has 0 saturated carbocycles. The van der Waals surface area contributed by atoms with Crippen molar-refractivity contribution in [1.29, 1.82) is 0 Å². The summed E-state index contributed by atoms with van der Waals surface area (Å²) in [6.45, 7) is 4.87. The predicted octanol–water partition coefficient (Wildman–Crippen LogP) is 5.75. The van der Waals surface area contributed by atoms with E-state index in [4.69, 9.17) is 4.74 Å². The van der Waals surface area contributed by atoms with Gasteiger partial charge in [0.2, 0.25) is 0 Å². The number of rotatable bonds is 7. The molecule has 8 heteroatoms. The summed E-state index contributed by atoms with van der Waals surface area (Å²) < 4.78 is 23.7. The molecule has 33 heavy (non-hydrogen) atoms. The molecule has 0 saturated heterocycles. The molecule has 3 aromatic heterocycles. The standard InChI is InChI=1S/C25H26FN5OS/c1-25(2,14-32-3)24-23(17-12-28-30(13-17)15-33-4)20-10-21-16(11-27-29-21)9-22(20)31(24)19-7-5-18(26)6-8-19/h5-13H,14-15H2,1-4H3,(H,27,29). The third kappa shape index (κ3) is 3.73. The number of fused-ring (bicyclic) bond motifs is 2. The van der Waals surface area contributed by atoms with E-state index in [1.54, 1.807) is 18.9 Å². The van der Waals surface area contributed by atoms with E-state index in [0.717, 1.165) is 50.2 Å². The van der Waals surface area contributed by atoms with Gasteiger partial charge in [0.05, 0.1) is 35.9 Å². The van der Waals surface area contributed by atoms with Gasteiger partial charge < -0.3 is 9.30 Å². The van der Waals surface area contributed by atoms with Gasteiger partial charge in [-0.3, -0.25) is 9.78 Å². The molecule has 0 amide bonds. The number of ether oxygens (including phenoxy) is 1. The van der Waals surface area contributed by atoms with E-state index >= 15 is 0 Å². The number of aromatic nitrogens is 5. The average Bonchev–Trinajstić information content (AvgIpc) is 3.50. The molecule has 0 fully saturated rings. The first-order valence-electron chi connectivity index (χ1n) is 10.7. The molecule has 0 radical (unpaired) electrons. The Labute approximate surface area is 195 Å². The van der Waals surface area contributed by atoms with Gasteiger partial charge in [0.25, 0.3) is 0 Å². The summed E-state index contributed by atoms with van der Waals surface area (Å²) in [5.74, 6) is 0.516. The largest absolute Gasteiger partial charge is 0.384 e. The van der Waals surface area contributed by atoms with Crippen LogP contribution in [-0.2, 0) is 16.0 Å². The summed E-state index contributed by atoms with van der Waals surface area (Å²) >= 11 is 1.72. The van der Waals surface area contributed by atoms with Crippen molar-refractivity contribution >= 4 is 33.6 Å². The molecule has 1 N–H and O–H groups in total. The van der Waals surface area contributed by atoms with Crippen LogP contribution in [0.1, 0.15) is 19.5 Å². The van der Waals surface area contributed by atoms with Crippen LogP contribution < -0.4 is 0 Å². The first-order valence-corrected chi connectivity index (χ1v) is 12.1. The number of benzene rings is 2. The Kier molecular flexibility index (Phi) is 5.50. The van der Waals surface area contributed by atoms with Crippen LogP contribution in [0.15, 0.2) is 55.0 Å². The summed E-state index contributed by atoms with van der Waals surface area (Å²) in [6, 6.07) is 10.9. The summed E-state index contributed by atoms with van der Waals surface area (Å²) in [5, 5.41) is 14.0. The minimum atomic E-state index is -0.342. The van der Waals surface area contributed by atoms with Crippen LogP contribution in [0.25, 0.3) is 38.6 Å². The molecule has 0 bridgehead atoms. The second-order valence-corrected chi connectivity index (χ2v) is 9.70. The highest BCUT2D eigenvalue weighted by atomic mass is 32.2. The Balaban J connectivity index is 1.92. The van der Waals surface area contributed by atoms with E-state index in [9.17, 15) is 4.39 Å². The van der Waals surface area contributed by atoms with Crippen molar-refractivity contribution in [3.8, 4) is 16.8 Å². The first kappa shape index (κ1) is 21.7. The van der Waals surface area contributed by atoms with E-state index in [-0.39, 0.29) is 11.2 Å². The zero-order valence-corrected chi connectivity index (χ0v) is 19.9. The van der Waals surface area contributed by atoms with Crippen LogP contribution >= 0.6 is 11.8 Å². The monoisotopic (exact) mass is 463 g/mol. The molecule has 2 aromatic carbocycles. The highest BCUT2D eigenvalue weighted by Gasteiger charge is 2.32. The van der Waals surface area contributed by atoms with Gasteiger partial charge in [0.1, 0.15) is 5.82 Å². The van der Waals surface area contributed by atoms with Gasteiger partial charge in [0, 0.05) is 52.0 Å². The smallest absolute Gasteiger partial charge is 0.123 e. The topological polar surface area (TPSA) is 60.7 Å². The average molecular weight is 464 g/mol. The fourth-order valence-corrected chi connectivity index (χ4v) is 5.05. The SMILES string of the molecule is COCC(C)(C)c1c(-c2cnn(CSC)c2)c2cc3[nH]ncc3cc2n1-c1ccc(F)cc1. The summed E-state index contributed by atoms with van der Waals surface area (Å²) in [6.07, 6.45) is 7.89. The van der Waals surface area contributed by atoms with Gasteiger partial charge in [-0.05, 0) is 42.7 Å². The van der Waals surface area contributed by atoms with Gasteiger partial charge >= 0.3 is 0 Å². The van der Waals surface area contributed by atoms with Crippen molar-refractivity contribution in [2.45, 2.75) is 25.1 Å².